The van der Waals surface area contributed by atoms with Gasteiger partial charge in [0.15, 0.2) is 0 Å². The molecule has 1 fully saturated rings. The predicted molar refractivity (Wildman–Crippen MR) is 166 cm³/mol. The molecule has 1 aromatic rings. The number of rotatable bonds is 6. The van der Waals surface area contributed by atoms with Crippen LogP contribution < -0.4 is 0 Å². The molecule has 1 aromatic carbocycles. The number of nitrogens with zero attached hydrogens (tertiary/aromatic N) is 1. The molecule has 3 rings (SSSR count). The van der Waals surface area contributed by atoms with Crippen LogP contribution in [-0.2, 0) is 5.41 Å². The zero-order chi connectivity index (χ0) is 28.3. The van der Waals surface area contributed by atoms with Gasteiger partial charge in [-0.25, -0.2) is 4.39 Å². The summed E-state index contributed by atoms with van der Waals surface area (Å²) in [6.07, 6.45) is 20.6. The second-order valence-corrected chi connectivity index (χ2v) is 9.18. The van der Waals surface area contributed by atoms with Crippen LogP contribution in [0.4, 0.5) is 4.39 Å². The summed E-state index contributed by atoms with van der Waals surface area (Å²) < 4.78 is 13.6. The Labute approximate surface area is 227 Å². The SMILES string of the molecule is C/C=C\C=C/C.C=C(CC)/C(=C/C)N=C(C)C1=CC(F)=CC(C)C=C1.CC.CC1(c2ccccc2)CC1. The molecule has 0 heterocycles. The van der Waals surface area contributed by atoms with Crippen LogP contribution in [0.25, 0.3) is 0 Å². The van der Waals surface area contributed by atoms with Crippen molar-refractivity contribution in [2.75, 3.05) is 0 Å². The van der Waals surface area contributed by atoms with Crippen molar-refractivity contribution in [2.45, 2.75) is 87.0 Å². The first-order valence-corrected chi connectivity index (χ1v) is 13.7. The fourth-order valence-electron chi connectivity index (χ4n) is 3.34. The van der Waals surface area contributed by atoms with E-state index in [1.54, 1.807) is 6.08 Å². The van der Waals surface area contributed by atoms with Crippen LogP contribution >= 0.6 is 0 Å². The van der Waals surface area contributed by atoms with Crippen molar-refractivity contribution >= 4 is 5.71 Å². The van der Waals surface area contributed by atoms with Crippen molar-refractivity contribution in [3.63, 3.8) is 0 Å². The molecule has 0 aliphatic heterocycles. The summed E-state index contributed by atoms with van der Waals surface area (Å²) in [6, 6.07) is 10.8. The molecule has 1 saturated carbocycles. The van der Waals surface area contributed by atoms with Crippen LogP contribution in [0.3, 0.4) is 0 Å². The van der Waals surface area contributed by atoms with E-state index in [0.717, 1.165) is 29.0 Å². The molecule has 0 N–H and O–H groups in total. The minimum Gasteiger partial charge on any atom is -0.253 e. The van der Waals surface area contributed by atoms with Crippen molar-refractivity contribution in [3.05, 3.63) is 120 Å². The highest BCUT2D eigenvalue weighted by molar-refractivity contribution is 6.02. The van der Waals surface area contributed by atoms with Gasteiger partial charge in [-0.3, -0.25) is 4.99 Å². The van der Waals surface area contributed by atoms with E-state index in [2.05, 4.69) is 48.8 Å². The number of aliphatic imine (C=N–C) groups is 1. The third-order valence-corrected chi connectivity index (χ3v) is 6.03. The number of halogens is 1. The first kappa shape index (κ1) is 34.0. The Balaban J connectivity index is 0.000000595. The predicted octanol–water partition coefficient (Wildman–Crippen LogP) is 11.2. The molecule has 1 unspecified atom stereocenters. The smallest absolute Gasteiger partial charge is 0.120 e. The zero-order valence-electron chi connectivity index (χ0n) is 24.8. The zero-order valence-corrected chi connectivity index (χ0v) is 24.8. The average molecular weight is 504 g/mol. The van der Waals surface area contributed by atoms with Gasteiger partial charge < -0.3 is 0 Å². The van der Waals surface area contributed by atoms with E-state index in [4.69, 9.17) is 0 Å². The Morgan fingerprint density at radius 1 is 1.08 bits per heavy atom. The monoisotopic (exact) mass is 503 g/mol. The van der Waals surface area contributed by atoms with Crippen LogP contribution in [0.1, 0.15) is 87.1 Å². The Morgan fingerprint density at radius 2 is 1.65 bits per heavy atom. The highest BCUT2D eigenvalue weighted by Crippen LogP contribution is 2.47. The standard InChI is InChI=1S/C17H22FN.C10H12.C6H10.C2H6/c1-6-13(4)17(7-2)19-14(5)15-9-8-12(3)10-16(18)11-15;1-10(7-8-10)9-5-3-2-4-6-9;1-3-5-6-4-2;1-2/h7-12H,4,6H2,1-3,5H3;2-6H,7-8H2,1H3;3-6H,1-2H3;1-2H3/b17-7-,19-14?;;5-3-,6-4-;. The highest BCUT2D eigenvalue weighted by Gasteiger charge is 2.38. The summed E-state index contributed by atoms with van der Waals surface area (Å²) in [5.41, 5.74) is 5.52. The molecule has 0 radical (unpaired) electrons. The van der Waals surface area contributed by atoms with Crippen molar-refractivity contribution in [1.82, 2.24) is 0 Å². The molecular formula is C35H50FN. The average Bonchev–Trinajstić information content (AvgIpc) is 3.70. The van der Waals surface area contributed by atoms with E-state index >= 15 is 0 Å². The molecule has 0 saturated heterocycles. The second-order valence-electron chi connectivity index (χ2n) is 9.18. The number of benzene rings is 1. The van der Waals surface area contributed by atoms with Gasteiger partial charge in [-0.1, -0.05) is 114 Å². The second kappa shape index (κ2) is 19.2. The summed E-state index contributed by atoms with van der Waals surface area (Å²) in [4.78, 5) is 4.56. The van der Waals surface area contributed by atoms with Gasteiger partial charge in [-0.15, -0.1) is 0 Å². The molecule has 0 aromatic heterocycles. The fraction of sp³-hybridized carbons (Fsp3) is 0.400. The summed E-state index contributed by atoms with van der Waals surface area (Å²) in [7, 11) is 0. The molecular weight excluding hydrogens is 453 g/mol. The summed E-state index contributed by atoms with van der Waals surface area (Å²) in [5.74, 6) is -0.105. The van der Waals surface area contributed by atoms with Gasteiger partial charge in [0.25, 0.3) is 0 Å². The summed E-state index contributed by atoms with van der Waals surface area (Å²) >= 11 is 0. The lowest BCUT2D eigenvalue weighted by Crippen LogP contribution is -1.97. The van der Waals surface area contributed by atoms with E-state index in [-0.39, 0.29) is 11.7 Å². The van der Waals surface area contributed by atoms with Gasteiger partial charge in [0.2, 0.25) is 0 Å². The Kier molecular flexibility index (Phi) is 17.6. The van der Waals surface area contributed by atoms with Crippen LogP contribution in [0, 0.1) is 5.92 Å². The van der Waals surface area contributed by atoms with E-state index in [0.29, 0.717) is 5.41 Å². The normalized spacial score (nSPS) is 18.3. The number of hydrogen-bond donors (Lipinski definition) is 0. The topological polar surface area (TPSA) is 12.4 Å². The summed E-state index contributed by atoms with van der Waals surface area (Å²) in [6.45, 7) is 22.2. The lowest BCUT2D eigenvalue weighted by molar-refractivity contribution is 0.653. The Hall–Kier alpha value is -3.00. The van der Waals surface area contributed by atoms with Gasteiger partial charge in [0.05, 0.1) is 5.70 Å². The van der Waals surface area contributed by atoms with Gasteiger partial charge in [-0.2, -0.15) is 0 Å². The molecule has 1 nitrogen and oxygen atoms in total. The molecule has 37 heavy (non-hydrogen) atoms. The third kappa shape index (κ3) is 13.8. The van der Waals surface area contributed by atoms with E-state index in [9.17, 15) is 4.39 Å². The quantitative estimate of drug-likeness (QED) is 0.270. The highest BCUT2D eigenvalue weighted by atomic mass is 19.1. The maximum atomic E-state index is 13.6. The largest absolute Gasteiger partial charge is 0.253 e. The third-order valence-electron chi connectivity index (χ3n) is 6.03. The molecule has 2 aliphatic carbocycles. The molecule has 2 heteroatoms. The Bertz CT molecular complexity index is 999. The van der Waals surface area contributed by atoms with Gasteiger partial charge in [0.1, 0.15) is 5.83 Å². The van der Waals surface area contributed by atoms with Crippen LogP contribution in [0.5, 0.6) is 0 Å². The fourth-order valence-corrected chi connectivity index (χ4v) is 3.34. The van der Waals surface area contributed by atoms with E-state index in [1.807, 2.05) is 97.9 Å². The van der Waals surface area contributed by atoms with Crippen LogP contribution in [-0.4, -0.2) is 5.71 Å². The maximum absolute atomic E-state index is 13.6. The van der Waals surface area contributed by atoms with E-state index in [1.165, 1.54) is 24.5 Å². The molecule has 0 amide bonds. The van der Waals surface area contributed by atoms with Crippen molar-refractivity contribution < 1.29 is 4.39 Å². The van der Waals surface area contributed by atoms with Crippen LogP contribution in [0.2, 0.25) is 0 Å². The van der Waals surface area contributed by atoms with E-state index < -0.39 is 0 Å². The number of hydrogen-bond acceptors (Lipinski definition) is 1. The van der Waals surface area contributed by atoms with Crippen LogP contribution in [0.15, 0.2) is 119 Å². The van der Waals surface area contributed by atoms with Crippen molar-refractivity contribution in [1.29, 1.82) is 0 Å². The molecule has 202 valence electrons. The lowest BCUT2D eigenvalue weighted by Gasteiger charge is -2.06. The Morgan fingerprint density at radius 3 is 2.11 bits per heavy atom. The number of allylic oxidation sites excluding steroid dienone is 12. The minimum atomic E-state index is -0.210. The molecule has 2 aliphatic rings. The molecule has 0 spiro atoms. The first-order valence-electron chi connectivity index (χ1n) is 13.7. The molecule has 0 bridgehead atoms. The lowest BCUT2D eigenvalue weighted by atomic mass is 9.99. The maximum Gasteiger partial charge on any atom is 0.120 e. The van der Waals surface area contributed by atoms with Gasteiger partial charge in [0, 0.05) is 5.71 Å². The van der Waals surface area contributed by atoms with Crippen molar-refractivity contribution in [3.8, 4) is 0 Å². The molecule has 1 atom stereocenters. The minimum absolute atomic E-state index is 0.105. The first-order chi connectivity index (χ1) is 17.7. The van der Waals surface area contributed by atoms with Gasteiger partial charge >= 0.3 is 0 Å². The van der Waals surface area contributed by atoms with Crippen molar-refractivity contribution in [2.24, 2.45) is 10.9 Å². The summed E-state index contributed by atoms with van der Waals surface area (Å²) in [5, 5.41) is 0. The van der Waals surface area contributed by atoms with Gasteiger partial charge in [-0.05, 0) is 87.2 Å².